The number of rotatable bonds is 5. The van der Waals surface area contributed by atoms with Gasteiger partial charge in [-0.15, -0.1) is 0 Å². The Balaban J connectivity index is 1.69. The molecule has 0 saturated heterocycles. The fourth-order valence-electron chi connectivity index (χ4n) is 3.27. The van der Waals surface area contributed by atoms with Crippen molar-refractivity contribution in [3.8, 4) is 0 Å². The van der Waals surface area contributed by atoms with Crippen molar-refractivity contribution in [2.75, 3.05) is 4.72 Å². The third-order valence-corrected chi connectivity index (χ3v) is 6.27. The van der Waals surface area contributed by atoms with Crippen molar-refractivity contribution in [1.29, 1.82) is 0 Å². The normalized spacial score (nSPS) is 12.8. The van der Waals surface area contributed by atoms with E-state index in [1.165, 1.54) is 6.20 Å². The minimum atomic E-state index is -3.89. The van der Waals surface area contributed by atoms with E-state index in [0.717, 1.165) is 5.56 Å². The lowest BCUT2D eigenvalue weighted by atomic mass is 10.0. The lowest BCUT2D eigenvalue weighted by Gasteiger charge is -2.15. The predicted octanol–water partition coefficient (Wildman–Crippen LogP) is 2.86. The SMILES string of the molecule is Cc1ccc(C(O)c2ccccn2)cc1NS(=O)(=O)c1cnc2c(c1)c(C)nn2C. The number of aliphatic hydroxyl groups excluding tert-OH is 1. The van der Waals surface area contributed by atoms with Crippen molar-refractivity contribution < 1.29 is 13.5 Å². The molecule has 1 aromatic carbocycles. The summed E-state index contributed by atoms with van der Waals surface area (Å²) in [7, 11) is -2.13. The largest absolute Gasteiger partial charge is 0.382 e. The van der Waals surface area contributed by atoms with E-state index < -0.39 is 16.1 Å². The number of nitrogens with zero attached hydrogens (tertiary/aromatic N) is 4. The van der Waals surface area contributed by atoms with Gasteiger partial charge in [-0.25, -0.2) is 13.4 Å². The maximum absolute atomic E-state index is 13.0. The second kappa shape index (κ2) is 7.51. The monoisotopic (exact) mass is 423 g/mol. The summed E-state index contributed by atoms with van der Waals surface area (Å²) in [5.74, 6) is 0. The Morgan fingerprint density at radius 2 is 1.90 bits per heavy atom. The van der Waals surface area contributed by atoms with Crippen molar-refractivity contribution in [2.24, 2.45) is 7.05 Å². The van der Waals surface area contributed by atoms with Gasteiger partial charge in [-0.05, 0) is 49.2 Å². The van der Waals surface area contributed by atoms with Gasteiger partial charge in [0.2, 0.25) is 0 Å². The summed E-state index contributed by atoms with van der Waals surface area (Å²) in [6.45, 7) is 3.60. The Hall–Kier alpha value is -3.30. The van der Waals surface area contributed by atoms with Gasteiger partial charge in [0.05, 0.1) is 17.1 Å². The smallest absolute Gasteiger partial charge is 0.263 e. The maximum atomic E-state index is 13.0. The molecule has 3 heterocycles. The van der Waals surface area contributed by atoms with Crippen LogP contribution in [0, 0.1) is 13.8 Å². The van der Waals surface area contributed by atoms with Gasteiger partial charge >= 0.3 is 0 Å². The van der Waals surface area contributed by atoms with E-state index in [4.69, 9.17) is 0 Å². The fourth-order valence-corrected chi connectivity index (χ4v) is 4.36. The molecule has 1 atom stereocenters. The molecule has 0 aliphatic heterocycles. The molecule has 4 aromatic rings. The lowest BCUT2D eigenvalue weighted by molar-refractivity contribution is 0.215. The van der Waals surface area contributed by atoms with E-state index in [1.807, 2.05) is 0 Å². The van der Waals surface area contributed by atoms with Crippen molar-refractivity contribution in [2.45, 2.75) is 24.8 Å². The quantitative estimate of drug-likeness (QED) is 0.511. The predicted molar refractivity (Wildman–Crippen MR) is 114 cm³/mol. The minimum absolute atomic E-state index is 0.0428. The molecule has 1 unspecified atom stereocenters. The first-order chi connectivity index (χ1) is 14.3. The molecule has 8 nitrogen and oxygen atoms in total. The van der Waals surface area contributed by atoms with Gasteiger partial charge in [-0.1, -0.05) is 18.2 Å². The molecule has 30 heavy (non-hydrogen) atoms. The standard InChI is InChI=1S/C21H21N5O3S/c1-13-7-8-15(20(27)18-6-4-5-9-22-18)10-19(13)25-30(28,29)16-11-17-14(2)24-26(3)21(17)23-12-16/h4-12,20,25,27H,1-3H3. The summed E-state index contributed by atoms with van der Waals surface area (Å²) in [5.41, 5.74) is 3.44. The molecule has 0 saturated carbocycles. The highest BCUT2D eigenvalue weighted by Crippen LogP contribution is 2.27. The number of aromatic nitrogens is 4. The van der Waals surface area contributed by atoms with Gasteiger partial charge in [0.25, 0.3) is 10.0 Å². The van der Waals surface area contributed by atoms with Crippen LogP contribution in [0.3, 0.4) is 0 Å². The molecule has 154 valence electrons. The molecule has 0 bridgehead atoms. The van der Waals surface area contributed by atoms with Gasteiger partial charge in [0.1, 0.15) is 11.0 Å². The van der Waals surface area contributed by atoms with Gasteiger partial charge in [0, 0.05) is 24.8 Å². The maximum Gasteiger partial charge on any atom is 0.263 e. The molecule has 3 aromatic heterocycles. The summed E-state index contributed by atoms with van der Waals surface area (Å²) in [6.07, 6.45) is 1.94. The van der Waals surface area contributed by atoms with E-state index >= 15 is 0 Å². The van der Waals surface area contributed by atoms with E-state index in [2.05, 4.69) is 19.8 Å². The summed E-state index contributed by atoms with van der Waals surface area (Å²) in [5, 5.41) is 15.6. The summed E-state index contributed by atoms with van der Waals surface area (Å²) >= 11 is 0. The summed E-state index contributed by atoms with van der Waals surface area (Å²) in [4.78, 5) is 8.46. The molecule has 0 spiro atoms. The zero-order chi connectivity index (χ0) is 21.5. The van der Waals surface area contributed by atoms with E-state index in [9.17, 15) is 13.5 Å². The number of sulfonamides is 1. The molecule has 0 aliphatic carbocycles. The van der Waals surface area contributed by atoms with Crippen LogP contribution in [0.4, 0.5) is 5.69 Å². The number of anilines is 1. The van der Waals surface area contributed by atoms with Gasteiger partial charge in [-0.2, -0.15) is 5.10 Å². The number of aliphatic hydroxyl groups is 1. The highest BCUT2D eigenvalue weighted by atomic mass is 32.2. The van der Waals surface area contributed by atoms with Crippen LogP contribution in [0.15, 0.2) is 59.8 Å². The Bertz CT molecular complexity index is 1330. The second-order valence-electron chi connectivity index (χ2n) is 7.09. The Morgan fingerprint density at radius 1 is 1.10 bits per heavy atom. The van der Waals surface area contributed by atoms with E-state index in [1.54, 1.807) is 74.2 Å². The highest BCUT2D eigenvalue weighted by Gasteiger charge is 2.20. The number of fused-ring (bicyclic) bond motifs is 1. The Morgan fingerprint density at radius 3 is 2.63 bits per heavy atom. The van der Waals surface area contributed by atoms with Crippen LogP contribution < -0.4 is 4.72 Å². The topological polar surface area (TPSA) is 110 Å². The third kappa shape index (κ3) is 3.64. The number of pyridine rings is 2. The van der Waals surface area contributed by atoms with E-state index in [-0.39, 0.29) is 4.90 Å². The average Bonchev–Trinajstić information content (AvgIpc) is 3.03. The van der Waals surface area contributed by atoms with Crippen LogP contribution in [0.25, 0.3) is 11.0 Å². The summed E-state index contributed by atoms with van der Waals surface area (Å²) in [6, 6.07) is 12.0. The minimum Gasteiger partial charge on any atom is -0.382 e. The molecule has 0 amide bonds. The first-order valence-corrected chi connectivity index (χ1v) is 10.8. The van der Waals surface area contributed by atoms with Crippen molar-refractivity contribution in [1.82, 2.24) is 19.7 Å². The third-order valence-electron chi connectivity index (χ3n) is 4.94. The highest BCUT2D eigenvalue weighted by molar-refractivity contribution is 7.92. The lowest BCUT2D eigenvalue weighted by Crippen LogP contribution is -2.15. The molecule has 9 heteroatoms. The fraction of sp³-hybridized carbons (Fsp3) is 0.190. The Kier molecular flexibility index (Phi) is 5.00. The van der Waals surface area contributed by atoms with Crippen LogP contribution in [-0.2, 0) is 17.1 Å². The second-order valence-corrected chi connectivity index (χ2v) is 8.77. The van der Waals surface area contributed by atoms with Crippen molar-refractivity contribution in [3.05, 3.63) is 77.4 Å². The van der Waals surface area contributed by atoms with Crippen LogP contribution >= 0.6 is 0 Å². The van der Waals surface area contributed by atoms with Gasteiger partial charge in [0.15, 0.2) is 5.65 Å². The first kappa shape index (κ1) is 20.0. The molecule has 0 aliphatic rings. The molecular weight excluding hydrogens is 402 g/mol. The average molecular weight is 423 g/mol. The van der Waals surface area contributed by atoms with Crippen LogP contribution in [-0.4, -0.2) is 33.3 Å². The van der Waals surface area contributed by atoms with Crippen molar-refractivity contribution >= 4 is 26.7 Å². The number of aryl methyl sites for hydroxylation is 3. The van der Waals surface area contributed by atoms with Gasteiger partial charge in [-0.3, -0.25) is 14.4 Å². The first-order valence-electron chi connectivity index (χ1n) is 9.28. The molecule has 4 rings (SSSR count). The van der Waals surface area contributed by atoms with Gasteiger partial charge < -0.3 is 5.11 Å². The summed E-state index contributed by atoms with van der Waals surface area (Å²) < 4.78 is 30.3. The van der Waals surface area contributed by atoms with Crippen LogP contribution in [0.5, 0.6) is 0 Å². The number of hydrogen-bond acceptors (Lipinski definition) is 6. The number of hydrogen-bond donors (Lipinski definition) is 2. The molecule has 0 fully saturated rings. The molecule has 0 radical (unpaired) electrons. The Labute approximate surface area is 174 Å². The zero-order valence-electron chi connectivity index (χ0n) is 16.7. The number of nitrogens with one attached hydrogen (secondary N) is 1. The molecule has 2 N–H and O–H groups in total. The molecular formula is C21H21N5O3S. The van der Waals surface area contributed by atoms with Crippen molar-refractivity contribution in [3.63, 3.8) is 0 Å². The van der Waals surface area contributed by atoms with Crippen LogP contribution in [0.2, 0.25) is 0 Å². The van der Waals surface area contributed by atoms with Crippen LogP contribution in [0.1, 0.15) is 28.6 Å². The van der Waals surface area contributed by atoms with E-state index in [0.29, 0.717) is 33.7 Å². The number of benzene rings is 1. The zero-order valence-corrected chi connectivity index (χ0v) is 17.6.